The van der Waals surface area contributed by atoms with Crippen molar-refractivity contribution in [3.8, 4) is 0 Å². The van der Waals surface area contributed by atoms with Gasteiger partial charge in [-0.25, -0.2) is 9.48 Å². The van der Waals surface area contributed by atoms with Crippen LogP contribution in [0.1, 0.15) is 40.0 Å². The van der Waals surface area contributed by atoms with Crippen LogP contribution in [-0.4, -0.2) is 57.7 Å². The van der Waals surface area contributed by atoms with Crippen molar-refractivity contribution in [2.45, 2.75) is 57.3 Å². The van der Waals surface area contributed by atoms with E-state index in [0.29, 0.717) is 38.4 Å². The van der Waals surface area contributed by atoms with Gasteiger partial charge in [-0.1, -0.05) is 0 Å². The van der Waals surface area contributed by atoms with Crippen LogP contribution in [0.5, 0.6) is 0 Å². The normalized spacial score (nSPS) is 25.6. The second-order valence-electron chi connectivity index (χ2n) is 8.27. The molecule has 27 heavy (non-hydrogen) atoms. The first-order chi connectivity index (χ1) is 12.6. The largest absolute Gasteiger partial charge is 0.444 e. The summed E-state index contributed by atoms with van der Waals surface area (Å²) in [6, 6.07) is -0.127. The molecule has 1 aromatic heterocycles. The summed E-state index contributed by atoms with van der Waals surface area (Å²) in [5.74, 6) is 0.466. The van der Waals surface area contributed by atoms with Crippen LogP contribution in [0.4, 0.5) is 16.3 Å². The molecular formula is C17H27N5O5. The number of aromatic nitrogens is 2. The monoisotopic (exact) mass is 381 g/mol. The van der Waals surface area contributed by atoms with Gasteiger partial charge in [-0.15, -0.1) is 0 Å². The third-order valence-corrected chi connectivity index (χ3v) is 4.92. The summed E-state index contributed by atoms with van der Waals surface area (Å²) in [4.78, 5) is 25.1. The summed E-state index contributed by atoms with van der Waals surface area (Å²) in [7, 11) is 1.69. The number of ether oxygens (including phenoxy) is 2. The Morgan fingerprint density at radius 1 is 1.52 bits per heavy atom. The standard InChI is InChI=1S/C17H27N5O5/c1-16(2,3)27-15(23)19-12-5-7-21(11-17(9-12)6-8-26-17)14-13(22(24)25)10-18-20(14)4/h10,12H,5-9,11H2,1-4H3,(H,19,23)/t12-,17?/m0/s1. The lowest BCUT2D eigenvalue weighted by Crippen LogP contribution is -2.54. The molecule has 0 aromatic carbocycles. The zero-order valence-electron chi connectivity index (χ0n) is 16.2. The minimum atomic E-state index is -0.569. The van der Waals surface area contributed by atoms with Gasteiger partial charge in [-0.2, -0.15) is 5.10 Å². The molecule has 3 rings (SSSR count). The van der Waals surface area contributed by atoms with Crippen molar-refractivity contribution < 1.29 is 19.2 Å². The zero-order valence-corrected chi connectivity index (χ0v) is 16.2. The summed E-state index contributed by atoms with van der Waals surface area (Å²) >= 11 is 0. The van der Waals surface area contributed by atoms with E-state index in [4.69, 9.17) is 9.47 Å². The number of carbonyl (C=O) groups is 1. The van der Waals surface area contributed by atoms with E-state index in [-0.39, 0.29) is 11.7 Å². The minimum absolute atomic E-state index is 0.0227. The van der Waals surface area contributed by atoms with Gasteiger partial charge in [0.2, 0.25) is 5.82 Å². The minimum Gasteiger partial charge on any atom is -0.444 e. The lowest BCUT2D eigenvalue weighted by atomic mass is 9.87. The van der Waals surface area contributed by atoms with Gasteiger partial charge in [0.25, 0.3) is 0 Å². The molecule has 0 radical (unpaired) electrons. The average Bonchev–Trinajstić information content (AvgIpc) is 2.77. The number of aryl methyl sites for hydroxylation is 1. The van der Waals surface area contributed by atoms with Gasteiger partial charge < -0.3 is 19.7 Å². The molecule has 0 saturated carbocycles. The Morgan fingerprint density at radius 3 is 2.78 bits per heavy atom. The topological polar surface area (TPSA) is 112 Å². The average molecular weight is 381 g/mol. The van der Waals surface area contributed by atoms with Gasteiger partial charge >= 0.3 is 11.8 Å². The third-order valence-electron chi connectivity index (χ3n) is 4.92. The van der Waals surface area contributed by atoms with Gasteiger partial charge in [0, 0.05) is 32.6 Å². The lowest BCUT2D eigenvalue weighted by Gasteiger charge is -2.44. The number of carbonyl (C=O) groups excluding carboxylic acids is 1. The predicted octanol–water partition coefficient (Wildman–Crippen LogP) is 1.98. The van der Waals surface area contributed by atoms with Crippen molar-refractivity contribution in [1.82, 2.24) is 15.1 Å². The molecule has 3 heterocycles. The van der Waals surface area contributed by atoms with E-state index in [0.717, 1.165) is 6.42 Å². The first kappa shape index (κ1) is 19.4. The van der Waals surface area contributed by atoms with Crippen LogP contribution in [0, 0.1) is 10.1 Å². The number of nitrogens with one attached hydrogen (secondary N) is 1. The van der Waals surface area contributed by atoms with Crippen LogP contribution in [0.15, 0.2) is 6.20 Å². The maximum Gasteiger partial charge on any atom is 0.407 e. The molecule has 10 nitrogen and oxygen atoms in total. The van der Waals surface area contributed by atoms with Crippen LogP contribution >= 0.6 is 0 Å². The van der Waals surface area contributed by atoms with Crippen LogP contribution in [0.3, 0.4) is 0 Å². The quantitative estimate of drug-likeness (QED) is 0.629. The number of nitrogens with zero attached hydrogens (tertiary/aromatic N) is 4. The molecule has 10 heteroatoms. The predicted molar refractivity (Wildman–Crippen MR) is 97.8 cm³/mol. The van der Waals surface area contributed by atoms with E-state index in [9.17, 15) is 14.9 Å². The molecule has 0 aliphatic carbocycles. The number of nitro groups is 1. The molecule has 1 aromatic rings. The fourth-order valence-electron chi connectivity index (χ4n) is 3.72. The van der Waals surface area contributed by atoms with Crippen molar-refractivity contribution in [1.29, 1.82) is 0 Å². The fraction of sp³-hybridized carbons (Fsp3) is 0.765. The van der Waals surface area contributed by atoms with Crippen LogP contribution < -0.4 is 10.2 Å². The summed E-state index contributed by atoms with van der Waals surface area (Å²) in [6.07, 6.45) is 2.94. The van der Waals surface area contributed by atoms with E-state index in [1.54, 1.807) is 7.05 Å². The number of hydrogen-bond donors (Lipinski definition) is 1. The van der Waals surface area contributed by atoms with Crippen molar-refractivity contribution in [3.63, 3.8) is 0 Å². The first-order valence-electron chi connectivity index (χ1n) is 9.13. The van der Waals surface area contributed by atoms with Gasteiger partial charge in [0.15, 0.2) is 0 Å². The van der Waals surface area contributed by atoms with Crippen molar-refractivity contribution in [2.75, 3.05) is 24.6 Å². The molecular weight excluding hydrogens is 354 g/mol. The van der Waals surface area contributed by atoms with Gasteiger partial charge in [0.1, 0.15) is 11.8 Å². The van der Waals surface area contributed by atoms with Crippen LogP contribution in [-0.2, 0) is 16.5 Å². The molecule has 1 amide bonds. The van der Waals surface area contributed by atoms with E-state index in [1.165, 1.54) is 10.9 Å². The van der Waals surface area contributed by atoms with Crippen molar-refractivity contribution in [3.05, 3.63) is 16.3 Å². The highest BCUT2D eigenvalue weighted by Gasteiger charge is 2.45. The van der Waals surface area contributed by atoms with Gasteiger partial charge in [-0.05, 0) is 33.6 Å². The number of rotatable bonds is 3. The molecule has 150 valence electrons. The maximum absolute atomic E-state index is 12.2. The zero-order chi connectivity index (χ0) is 19.8. The molecule has 2 saturated heterocycles. The number of alkyl carbamates (subject to hydrolysis) is 1. The Hall–Kier alpha value is -2.36. The number of hydrogen-bond acceptors (Lipinski definition) is 7. The Bertz CT molecular complexity index is 722. The molecule has 2 aliphatic rings. The highest BCUT2D eigenvalue weighted by Crippen LogP contribution is 2.38. The smallest absolute Gasteiger partial charge is 0.407 e. The third kappa shape index (κ3) is 4.32. The Labute approximate surface area is 157 Å². The summed E-state index contributed by atoms with van der Waals surface area (Å²) < 4.78 is 12.8. The van der Waals surface area contributed by atoms with E-state index >= 15 is 0 Å². The lowest BCUT2D eigenvalue weighted by molar-refractivity contribution is -0.384. The van der Waals surface area contributed by atoms with E-state index in [1.807, 2.05) is 25.7 Å². The maximum atomic E-state index is 12.2. The molecule has 2 atom stereocenters. The van der Waals surface area contributed by atoms with Crippen molar-refractivity contribution in [2.24, 2.45) is 7.05 Å². The first-order valence-corrected chi connectivity index (χ1v) is 9.13. The van der Waals surface area contributed by atoms with Gasteiger partial charge in [0.05, 0.1) is 17.1 Å². The Kier molecular flexibility index (Phi) is 5.02. The van der Waals surface area contributed by atoms with Crippen molar-refractivity contribution >= 4 is 17.6 Å². The highest BCUT2D eigenvalue weighted by molar-refractivity contribution is 5.68. The fourth-order valence-corrected chi connectivity index (χ4v) is 3.72. The second kappa shape index (κ2) is 6.99. The Morgan fingerprint density at radius 2 is 2.22 bits per heavy atom. The molecule has 1 unspecified atom stereocenters. The molecule has 0 bridgehead atoms. The molecule has 1 N–H and O–H groups in total. The van der Waals surface area contributed by atoms with Gasteiger partial charge in [-0.3, -0.25) is 10.1 Å². The number of amides is 1. The van der Waals surface area contributed by atoms with Crippen LogP contribution in [0.2, 0.25) is 0 Å². The summed E-state index contributed by atoms with van der Waals surface area (Å²) in [5, 5.41) is 18.4. The Balaban J connectivity index is 1.77. The molecule has 1 spiro atoms. The van der Waals surface area contributed by atoms with E-state index in [2.05, 4.69) is 10.4 Å². The summed E-state index contributed by atoms with van der Waals surface area (Å²) in [5.41, 5.74) is -1.01. The molecule has 2 fully saturated rings. The summed E-state index contributed by atoms with van der Waals surface area (Å²) in [6.45, 7) is 7.19. The van der Waals surface area contributed by atoms with E-state index < -0.39 is 22.2 Å². The molecule has 2 aliphatic heterocycles. The second-order valence-corrected chi connectivity index (χ2v) is 8.27. The highest BCUT2D eigenvalue weighted by atomic mass is 16.6. The SMILES string of the molecule is Cn1ncc([N+](=O)[O-])c1N1CC[C@H](NC(=O)OC(C)(C)C)CC2(CCO2)C1. The van der Waals surface area contributed by atoms with Crippen LogP contribution in [0.25, 0.3) is 0 Å². The number of anilines is 1.